The van der Waals surface area contributed by atoms with Crippen molar-refractivity contribution in [2.45, 2.75) is 97.7 Å². The molecule has 5 nitrogen and oxygen atoms in total. The van der Waals surface area contributed by atoms with Gasteiger partial charge >= 0.3 is 11.9 Å². The van der Waals surface area contributed by atoms with Crippen LogP contribution in [0.5, 0.6) is 0 Å². The van der Waals surface area contributed by atoms with Gasteiger partial charge in [-0.1, -0.05) is 55.8 Å². The van der Waals surface area contributed by atoms with Crippen LogP contribution in [0.3, 0.4) is 0 Å². The molecule has 4 aliphatic carbocycles. The molecule has 0 radical (unpaired) electrons. The molecule has 7 unspecified atom stereocenters. The first-order valence-electron chi connectivity index (χ1n) is 14.4. The van der Waals surface area contributed by atoms with E-state index in [1.165, 1.54) is 18.1 Å². The Labute approximate surface area is 227 Å². The number of ether oxygens (including phenoxy) is 2. The van der Waals surface area contributed by atoms with Gasteiger partial charge in [0.1, 0.15) is 6.10 Å². The van der Waals surface area contributed by atoms with E-state index in [0.717, 1.165) is 37.7 Å². The number of rotatable bonds is 6. The molecule has 7 atom stereocenters. The van der Waals surface area contributed by atoms with Gasteiger partial charge in [0.25, 0.3) is 0 Å². The number of hydrogen-bond donors (Lipinski definition) is 0. The summed E-state index contributed by atoms with van der Waals surface area (Å²) in [6.45, 7) is 9.78. The number of benzene rings is 1. The fourth-order valence-corrected chi connectivity index (χ4v) is 8.83. The van der Waals surface area contributed by atoms with Crippen LogP contribution in [0, 0.1) is 28.6 Å². The van der Waals surface area contributed by atoms with Crippen LogP contribution in [-0.4, -0.2) is 29.4 Å². The van der Waals surface area contributed by atoms with Crippen molar-refractivity contribution in [2.75, 3.05) is 0 Å². The number of allylic oxidation sites excluding steroid dienone is 3. The summed E-state index contributed by atoms with van der Waals surface area (Å²) >= 11 is 0. The van der Waals surface area contributed by atoms with Crippen molar-refractivity contribution in [3.63, 3.8) is 0 Å². The summed E-state index contributed by atoms with van der Waals surface area (Å²) in [6.07, 6.45) is 10.7. The highest BCUT2D eigenvalue weighted by Crippen LogP contribution is 2.68. The molecule has 0 amide bonds. The van der Waals surface area contributed by atoms with Crippen LogP contribution < -0.4 is 0 Å². The summed E-state index contributed by atoms with van der Waals surface area (Å²) in [7, 11) is 0. The number of hydrogen-bond acceptors (Lipinski definition) is 5. The van der Waals surface area contributed by atoms with Crippen LogP contribution in [0.15, 0.2) is 53.6 Å². The Morgan fingerprint density at radius 2 is 1.63 bits per heavy atom. The van der Waals surface area contributed by atoms with Gasteiger partial charge in [0, 0.05) is 18.8 Å². The SMILES string of the molecule is CC(=O)OC1(C(C)=O)CCC2C3C=C(C)C4=CC(OC(=O)CCc5ccccc5)CCC4(C)C3CCC21C. The lowest BCUT2D eigenvalue weighted by molar-refractivity contribution is -0.185. The fraction of sp³-hybridized carbons (Fsp3) is 0.606. The molecule has 0 aliphatic heterocycles. The lowest BCUT2D eigenvalue weighted by Gasteiger charge is -2.58. The highest BCUT2D eigenvalue weighted by molar-refractivity contribution is 5.89. The predicted molar refractivity (Wildman–Crippen MR) is 146 cm³/mol. The Balaban J connectivity index is 1.36. The molecule has 2 saturated carbocycles. The molecule has 5 heteroatoms. The van der Waals surface area contributed by atoms with Crippen molar-refractivity contribution in [3.8, 4) is 0 Å². The molecule has 38 heavy (non-hydrogen) atoms. The van der Waals surface area contributed by atoms with Gasteiger partial charge in [-0.3, -0.25) is 14.4 Å². The van der Waals surface area contributed by atoms with E-state index in [1.54, 1.807) is 6.92 Å². The number of Topliss-reactive ketones (excluding diaryl/α,β-unsaturated/α-hetero) is 1. The molecule has 1 aromatic carbocycles. The quantitative estimate of drug-likeness (QED) is 0.399. The van der Waals surface area contributed by atoms with Gasteiger partial charge < -0.3 is 9.47 Å². The van der Waals surface area contributed by atoms with E-state index in [2.05, 4.69) is 32.9 Å². The van der Waals surface area contributed by atoms with Gasteiger partial charge in [-0.15, -0.1) is 0 Å². The van der Waals surface area contributed by atoms with Crippen molar-refractivity contribution in [3.05, 3.63) is 59.2 Å². The minimum Gasteiger partial charge on any atom is -0.458 e. The zero-order valence-corrected chi connectivity index (χ0v) is 23.5. The molecule has 0 N–H and O–H groups in total. The molecule has 204 valence electrons. The normalized spacial score (nSPS) is 37.6. The number of fused-ring (bicyclic) bond motifs is 5. The molecule has 0 bridgehead atoms. The standard InChI is InChI=1S/C33H42O5/c1-21-19-26-27(14-17-32(5)28(26)15-18-33(32,22(2)34)38-23(3)35)31(4)16-13-25(20-29(21)31)37-30(36)12-11-24-9-7-6-8-10-24/h6-10,19-20,25-28H,11-18H2,1-5H3. The average molecular weight is 519 g/mol. The van der Waals surface area contributed by atoms with E-state index in [9.17, 15) is 14.4 Å². The first-order chi connectivity index (χ1) is 18.0. The first-order valence-corrected chi connectivity index (χ1v) is 14.4. The Hall–Kier alpha value is -2.69. The molecule has 1 aromatic rings. The molecular formula is C33H42O5. The monoisotopic (exact) mass is 518 g/mol. The third-order valence-electron chi connectivity index (χ3n) is 10.7. The van der Waals surface area contributed by atoms with Crippen LogP contribution >= 0.6 is 0 Å². The van der Waals surface area contributed by atoms with Crippen LogP contribution in [0.1, 0.15) is 85.1 Å². The molecular weight excluding hydrogens is 476 g/mol. The molecule has 0 spiro atoms. The maximum atomic E-state index is 13.0. The third-order valence-corrected chi connectivity index (χ3v) is 10.7. The van der Waals surface area contributed by atoms with Crippen molar-refractivity contribution >= 4 is 17.7 Å². The van der Waals surface area contributed by atoms with E-state index in [4.69, 9.17) is 9.47 Å². The Morgan fingerprint density at radius 1 is 0.921 bits per heavy atom. The number of carbonyl (C=O) groups excluding carboxylic acids is 3. The average Bonchev–Trinajstić information content (AvgIpc) is 3.17. The van der Waals surface area contributed by atoms with E-state index in [-0.39, 0.29) is 34.7 Å². The van der Waals surface area contributed by atoms with Crippen molar-refractivity contribution in [2.24, 2.45) is 28.6 Å². The first kappa shape index (κ1) is 26.9. The lowest BCUT2D eigenvalue weighted by atomic mass is 9.47. The lowest BCUT2D eigenvalue weighted by Crippen LogP contribution is -2.58. The summed E-state index contributed by atoms with van der Waals surface area (Å²) in [6, 6.07) is 10.1. The van der Waals surface area contributed by atoms with Crippen LogP contribution in [-0.2, 0) is 30.3 Å². The maximum Gasteiger partial charge on any atom is 0.306 e. The molecule has 0 heterocycles. The topological polar surface area (TPSA) is 69.7 Å². The Morgan fingerprint density at radius 3 is 2.32 bits per heavy atom. The number of ketones is 1. The summed E-state index contributed by atoms with van der Waals surface area (Å²) in [5.41, 5.74) is 2.38. The zero-order valence-electron chi connectivity index (χ0n) is 23.5. The van der Waals surface area contributed by atoms with Crippen LogP contribution in [0.2, 0.25) is 0 Å². The highest BCUT2D eigenvalue weighted by atomic mass is 16.6. The van der Waals surface area contributed by atoms with E-state index in [0.29, 0.717) is 37.0 Å². The molecule has 0 saturated heterocycles. The van der Waals surface area contributed by atoms with Crippen LogP contribution in [0.4, 0.5) is 0 Å². The molecule has 0 aromatic heterocycles. The number of aryl methyl sites for hydroxylation is 1. The summed E-state index contributed by atoms with van der Waals surface area (Å²) in [5.74, 6) is 0.580. The second-order valence-corrected chi connectivity index (χ2v) is 12.7. The van der Waals surface area contributed by atoms with Crippen molar-refractivity contribution < 1.29 is 23.9 Å². The van der Waals surface area contributed by atoms with Gasteiger partial charge in [-0.25, -0.2) is 0 Å². The molecule has 2 fully saturated rings. The molecule has 5 rings (SSSR count). The largest absolute Gasteiger partial charge is 0.458 e. The van der Waals surface area contributed by atoms with Crippen LogP contribution in [0.25, 0.3) is 0 Å². The van der Waals surface area contributed by atoms with Gasteiger partial charge in [0.2, 0.25) is 0 Å². The van der Waals surface area contributed by atoms with Crippen molar-refractivity contribution in [1.82, 2.24) is 0 Å². The highest BCUT2D eigenvalue weighted by Gasteiger charge is 2.67. The minimum atomic E-state index is -1.02. The zero-order chi connectivity index (χ0) is 27.3. The van der Waals surface area contributed by atoms with Crippen molar-refractivity contribution in [1.29, 1.82) is 0 Å². The Bertz CT molecular complexity index is 1180. The third kappa shape index (κ3) is 4.26. The van der Waals surface area contributed by atoms with Gasteiger partial charge in [-0.05, 0) is 99.2 Å². The predicted octanol–water partition coefficient (Wildman–Crippen LogP) is 6.55. The fourth-order valence-electron chi connectivity index (χ4n) is 8.83. The smallest absolute Gasteiger partial charge is 0.306 e. The van der Waals surface area contributed by atoms with E-state index >= 15 is 0 Å². The summed E-state index contributed by atoms with van der Waals surface area (Å²) in [4.78, 5) is 37.7. The molecule has 4 aliphatic rings. The number of carbonyl (C=O) groups is 3. The maximum absolute atomic E-state index is 13.0. The van der Waals surface area contributed by atoms with Gasteiger partial charge in [-0.2, -0.15) is 0 Å². The van der Waals surface area contributed by atoms with E-state index in [1.807, 2.05) is 30.3 Å². The van der Waals surface area contributed by atoms with Gasteiger partial charge in [0.05, 0.1) is 0 Å². The number of esters is 2. The minimum absolute atomic E-state index is 0.0146. The summed E-state index contributed by atoms with van der Waals surface area (Å²) < 4.78 is 11.8. The second-order valence-electron chi connectivity index (χ2n) is 12.7. The van der Waals surface area contributed by atoms with E-state index < -0.39 is 5.60 Å². The Kier molecular flexibility index (Phi) is 6.94. The second kappa shape index (κ2) is 9.81. The summed E-state index contributed by atoms with van der Waals surface area (Å²) in [5, 5.41) is 0. The van der Waals surface area contributed by atoms with Gasteiger partial charge in [0.15, 0.2) is 11.4 Å².